The summed E-state index contributed by atoms with van der Waals surface area (Å²) in [5.41, 5.74) is 3.14. The molecule has 0 amide bonds. The van der Waals surface area contributed by atoms with Crippen molar-refractivity contribution in [3.8, 4) is 0 Å². The van der Waals surface area contributed by atoms with Crippen molar-refractivity contribution in [1.29, 1.82) is 0 Å². The van der Waals surface area contributed by atoms with Crippen LogP contribution in [0.1, 0.15) is 23.9 Å². The molecule has 0 fully saturated rings. The SMILES string of the molecule is CCc1cc(Nc2ccc3nnc(C(F)(F)F)n3n2)ccc1C. The minimum Gasteiger partial charge on any atom is -0.339 e. The van der Waals surface area contributed by atoms with Crippen LogP contribution in [0, 0.1) is 6.92 Å². The Morgan fingerprint density at radius 2 is 1.91 bits per heavy atom. The van der Waals surface area contributed by atoms with Gasteiger partial charge >= 0.3 is 6.18 Å². The zero-order chi connectivity index (χ0) is 16.6. The second kappa shape index (κ2) is 5.53. The van der Waals surface area contributed by atoms with Crippen LogP contribution in [0.2, 0.25) is 0 Å². The van der Waals surface area contributed by atoms with E-state index in [2.05, 4.69) is 20.6 Å². The highest BCUT2D eigenvalue weighted by Gasteiger charge is 2.37. The van der Waals surface area contributed by atoms with E-state index in [0.29, 0.717) is 4.52 Å². The van der Waals surface area contributed by atoms with Gasteiger partial charge in [-0.15, -0.1) is 15.3 Å². The van der Waals surface area contributed by atoms with Crippen LogP contribution in [0.4, 0.5) is 24.7 Å². The van der Waals surface area contributed by atoms with Crippen molar-refractivity contribution in [2.24, 2.45) is 0 Å². The summed E-state index contributed by atoms with van der Waals surface area (Å²) in [4.78, 5) is 0. The Hall–Kier alpha value is -2.64. The number of nitrogens with one attached hydrogen (secondary N) is 1. The fraction of sp³-hybridized carbons (Fsp3) is 0.267. The smallest absolute Gasteiger partial charge is 0.339 e. The molecule has 0 bridgehead atoms. The summed E-state index contributed by atoms with van der Waals surface area (Å²) in [5, 5.41) is 13.6. The van der Waals surface area contributed by atoms with Gasteiger partial charge in [-0.05, 0) is 48.7 Å². The molecule has 120 valence electrons. The largest absolute Gasteiger partial charge is 0.453 e. The number of nitrogens with zero attached hydrogens (tertiary/aromatic N) is 4. The third-order valence-electron chi connectivity index (χ3n) is 3.52. The van der Waals surface area contributed by atoms with Crippen molar-refractivity contribution in [2.75, 3.05) is 5.32 Å². The van der Waals surface area contributed by atoms with Gasteiger partial charge in [-0.1, -0.05) is 13.0 Å². The van der Waals surface area contributed by atoms with Gasteiger partial charge in [0, 0.05) is 5.69 Å². The summed E-state index contributed by atoms with van der Waals surface area (Å²) < 4.78 is 39.3. The molecule has 3 aromatic rings. The van der Waals surface area contributed by atoms with Gasteiger partial charge in [0.05, 0.1) is 0 Å². The van der Waals surface area contributed by atoms with E-state index in [-0.39, 0.29) is 11.5 Å². The van der Waals surface area contributed by atoms with Gasteiger partial charge in [0.15, 0.2) is 11.5 Å². The molecule has 0 aliphatic heterocycles. The van der Waals surface area contributed by atoms with Crippen LogP contribution in [0.5, 0.6) is 0 Å². The molecule has 2 aromatic heterocycles. The van der Waals surface area contributed by atoms with Crippen molar-refractivity contribution >= 4 is 17.2 Å². The van der Waals surface area contributed by atoms with Gasteiger partial charge in [-0.2, -0.15) is 17.7 Å². The summed E-state index contributed by atoms with van der Waals surface area (Å²) >= 11 is 0. The number of hydrogen-bond acceptors (Lipinski definition) is 4. The summed E-state index contributed by atoms with van der Waals surface area (Å²) in [6, 6.07) is 8.77. The lowest BCUT2D eigenvalue weighted by atomic mass is 10.1. The first-order chi connectivity index (χ1) is 10.9. The molecule has 3 rings (SSSR count). The van der Waals surface area contributed by atoms with E-state index in [0.717, 1.165) is 17.7 Å². The maximum atomic E-state index is 12.9. The van der Waals surface area contributed by atoms with E-state index in [1.807, 2.05) is 32.0 Å². The lowest BCUT2D eigenvalue weighted by Gasteiger charge is -2.10. The van der Waals surface area contributed by atoms with E-state index in [4.69, 9.17) is 0 Å². The molecule has 0 aliphatic rings. The predicted octanol–water partition coefficient (Wildman–Crippen LogP) is 3.76. The van der Waals surface area contributed by atoms with Crippen LogP contribution in [-0.4, -0.2) is 19.8 Å². The Kier molecular flexibility index (Phi) is 3.67. The number of benzene rings is 1. The second-order valence-electron chi connectivity index (χ2n) is 5.13. The van der Waals surface area contributed by atoms with Crippen LogP contribution < -0.4 is 5.32 Å². The Morgan fingerprint density at radius 3 is 2.61 bits per heavy atom. The zero-order valence-corrected chi connectivity index (χ0v) is 12.5. The molecule has 0 atom stereocenters. The first-order valence-electron chi connectivity index (χ1n) is 7.04. The molecule has 23 heavy (non-hydrogen) atoms. The fourth-order valence-electron chi connectivity index (χ4n) is 2.31. The lowest BCUT2D eigenvalue weighted by molar-refractivity contribution is -0.146. The highest BCUT2D eigenvalue weighted by Crippen LogP contribution is 2.28. The van der Waals surface area contributed by atoms with E-state index in [1.54, 1.807) is 6.07 Å². The van der Waals surface area contributed by atoms with Crippen molar-refractivity contribution in [2.45, 2.75) is 26.4 Å². The van der Waals surface area contributed by atoms with E-state index in [1.165, 1.54) is 11.6 Å². The number of anilines is 2. The zero-order valence-electron chi connectivity index (χ0n) is 12.5. The van der Waals surface area contributed by atoms with Crippen molar-refractivity contribution in [3.63, 3.8) is 0 Å². The summed E-state index contributed by atoms with van der Waals surface area (Å²) in [6.07, 6.45) is -3.73. The molecule has 0 spiro atoms. The third-order valence-corrected chi connectivity index (χ3v) is 3.52. The maximum Gasteiger partial charge on any atom is 0.453 e. The number of hydrogen-bond donors (Lipinski definition) is 1. The number of halogens is 3. The van der Waals surface area contributed by atoms with Crippen molar-refractivity contribution in [1.82, 2.24) is 19.8 Å². The molecule has 0 unspecified atom stereocenters. The molecule has 0 radical (unpaired) electrons. The predicted molar refractivity (Wildman–Crippen MR) is 79.6 cm³/mol. The number of fused-ring (bicyclic) bond motifs is 1. The topological polar surface area (TPSA) is 55.1 Å². The van der Waals surface area contributed by atoms with E-state index >= 15 is 0 Å². The Balaban J connectivity index is 1.97. The second-order valence-corrected chi connectivity index (χ2v) is 5.13. The Morgan fingerprint density at radius 1 is 1.13 bits per heavy atom. The Labute approximate surface area is 130 Å². The van der Waals surface area contributed by atoms with Crippen LogP contribution in [-0.2, 0) is 12.6 Å². The lowest BCUT2D eigenvalue weighted by Crippen LogP contribution is -2.13. The van der Waals surface area contributed by atoms with E-state index < -0.39 is 12.0 Å². The van der Waals surface area contributed by atoms with Crippen molar-refractivity contribution < 1.29 is 13.2 Å². The molecule has 1 aromatic carbocycles. The standard InChI is InChI=1S/C15H14F3N5/c1-3-10-8-11(5-4-9(10)2)19-12-6-7-13-20-21-14(15(16,17)18)23(13)22-12/h4-8H,3H2,1-2H3,(H,19,22). The molecular weight excluding hydrogens is 307 g/mol. The highest BCUT2D eigenvalue weighted by atomic mass is 19.4. The summed E-state index contributed by atoms with van der Waals surface area (Å²) in [7, 11) is 0. The molecule has 0 aliphatic carbocycles. The molecule has 8 heteroatoms. The van der Waals surface area contributed by atoms with Crippen LogP contribution in [0.3, 0.4) is 0 Å². The van der Waals surface area contributed by atoms with Gasteiger partial charge in [0.2, 0.25) is 0 Å². The van der Waals surface area contributed by atoms with Gasteiger partial charge in [-0.3, -0.25) is 0 Å². The van der Waals surface area contributed by atoms with Gasteiger partial charge in [0.1, 0.15) is 0 Å². The number of alkyl halides is 3. The van der Waals surface area contributed by atoms with Crippen molar-refractivity contribution in [3.05, 3.63) is 47.3 Å². The maximum absolute atomic E-state index is 12.9. The summed E-state index contributed by atoms with van der Waals surface area (Å²) in [6.45, 7) is 4.06. The average molecular weight is 321 g/mol. The van der Waals surface area contributed by atoms with Gasteiger partial charge in [0.25, 0.3) is 5.82 Å². The highest BCUT2D eigenvalue weighted by molar-refractivity contribution is 5.59. The minimum atomic E-state index is -4.61. The average Bonchev–Trinajstić information content (AvgIpc) is 2.92. The summed E-state index contributed by atoms with van der Waals surface area (Å²) in [5.74, 6) is -0.858. The number of aromatic nitrogens is 4. The fourth-order valence-corrected chi connectivity index (χ4v) is 2.31. The third kappa shape index (κ3) is 2.96. The molecular formula is C15H14F3N5. The molecule has 0 saturated heterocycles. The van der Waals surface area contributed by atoms with Crippen LogP contribution in [0.25, 0.3) is 5.65 Å². The molecule has 2 heterocycles. The first kappa shape index (κ1) is 15.3. The van der Waals surface area contributed by atoms with Gasteiger partial charge < -0.3 is 5.32 Å². The molecule has 0 saturated carbocycles. The van der Waals surface area contributed by atoms with E-state index in [9.17, 15) is 13.2 Å². The Bertz CT molecular complexity index is 854. The minimum absolute atomic E-state index is 0.0426. The number of rotatable bonds is 3. The molecule has 5 nitrogen and oxygen atoms in total. The van der Waals surface area contributed by atoms with Crippen LogP contribution >= 0.6 is 0 Å². The van der Waals surface area contributed by atoms with Gasteiger partial charge in [-0.25, -0.2) is 0 Å². The normalized spacial score (nSPS) is 11.9. The molecule has 1 N–H and O–H groups in total. The first-order valence-corrected chi connectivity index (χ1v) is 7.04. The number of aryl methyl sites for hydroxylation is 2. The van der Waals surface area contributed by atoms with Crippen LogP contribution in [0.15, 0.2) is 30.3 Å². The monoisotopic (exact) mass is 321 g/mol. The quantitative estimate of drug-likeness (QED) is 0.798.